The van der Waals surface area contributed by atoms with Crippen LogP contribution in [-0.2, 0) is 59.0 Å². The molecule has 2 saturated heterocycles. The molecule has 4 aromatic rings. The fraction of sp³-hybridized carbons (Fsp3) is 0.561. The van der Waals surface area contributed by atoms with Crippen LogP contribution in [0.15, 0.2) is 12.1 Å². The molecule has 0 saturated carbocycles. The number of hydrogen-bond donors (Lipinski definition) is 1. The first kappa shape index (κ1) is 62.8. The van der Waals surface area contributed by atoms with Crippen LogP contribution < -0.4 is 42.6 Å². The second-order valence-corrected chi connectivity index (χ2v) is 24.0. The molecule has 4 aromatic carbocycles. The number of methoxy groups -OCH3 is 4. The predicted octanol–water partition coefficient (Wildman–Crippen LogP) is 7.91. The molecule has 1 N–H and O–H groups in total. The third-order valence-corrected chi connectivity index (χ3v) is 19.1. The number of aryl methyl sites for hydroxylation is 2. The number of nitriles is 2. The van der Waals surface area contributed by atoms with Gasteiger partial charge in [0.05, 0.1) is 50.5 Å². The van der Waals surface area contributed by atoms with Crippen LogP contribution in [0.3, 0.4) is 0 Å². The Bertz CT molecular complexity index is 3540. The maximum atomic E-state index is 12.8. The van der Waals surface area contributed by atoms with Crippen LogP contribution >= 0.6 is 0 Å². The molecule has 0 radical (unpaired) electrons. The SMILES string of the molecule is CCCC(=O)OC[C@H]1c2c(c(O)c(C)c3c2OCO3)CC2[C@H]3c4c(cc(C)c(OC)c4OCOC)C[C@@H]([C@H](C#N)N21)N3C.CCCC(=O)OC[C@H]1c2c(c(OC(C)=O)c(C)c3c2OCO3)CC2[C@H]3c4c(cc(C)c(OC)c4OCOC)C[C@@H]([C@H](C#N)N21)N3C. The van der Waals surface area contributed by atoms with Gasteiger partial charge < -0.3 is 66.7 Å². The van der Waals surface area contributed by atoms with Crippen molar-refractivity contribution in [1.29, 1.82) is 10.5 Å². The highest BCUT2D eigenvalue weighted by atomic mass is 16.7. The second-order valence-electron chi connectivity index (χ2n) is 24.0. The highest BCUT2D eigenvalue weighted by molar-refractivity contribution is 5.75. The number of phenolic OH excluding ortho intramolecular Hbond substituents is 1. The smallest absolute Gasteiger partial charge is 0.308 e. The summed E-state index contributed by atoms with van der Waals surface area (Å²) in [4.78, 5) is 46.8. The standard InChI is InChI=1S/C34H41N3O9.C32H39N3O8/c1-8-9-26(39)42-14-25-28-21(31(46-19(4)38)18(3)32-34(28)45-16-44-32)12-23-29-27-20(11-22(36(29)5)24(13-35)37(23)25)10-17(2)30(41-7)33(27)43-15-40-6;1-7-8-24(36)40-13-23-26-19(28(37)17(3)30-32(26)43-15-42-30)11-21-27-25-18(10-20(34(27)4)22(12-33)35(21)23)9-16(2)29(39-6)31(25)41-14-38-5/h10,22-25,29H,8-9,11-12,14-16H2,1-7H3;9,20-23,27,37H,7-8,10-11,13-15H2,1-6H3/t22-,23?,24-,25-,29-;20-,21?,22-,23-,27-/m00/s1. The van der Waals surface area contributed by atoms with E-state index in [9.17, 15) is 30.0 Å². The normalized spacial score (nSPS) is 24.8. The summed E-state index contributed by atoms with van der Waals surface area (Å²) in [5, 5.41) is 33.2. The molecule has 23 nitrogen and oxygen atoms in total. The van der Waals surface area contributed by atoms with E-state index in [1.165, 1.54) is 6.92 Å². The molecule has 23 heteroatoms. The molecular weight excluding hydrogens is 1150 g/mol. The number of phenols is 1. The molecule has 0 aromatic heterocycles. The number of esters is 3. The third kappa shape index (κ3) is 10.5. The van der Waals surface area contributed by atoms with Crippen molar-refractivity contribution >= 4 is 17.9 Å². The second kappa shape index (κ2) is 25.6. The van der Waals surface area contributed by atoms with Crippen molar-refractivity contribution in [3.05, 3.63) is 78.9 Å². The lowest BCUT2D eigenvalue weighted by atomic mass is 9.71. The Morgan fingerprint density at radius 3 is 1.43 bits per heavy atom. The van der Waals surface area contributed by atoms with Gasteiger partial charge in [0.2, 0.25) is 13.6 Å². The zero-order valence-electron chi connectivity index (χ0n) is 53.0. The Morgan fingerprint density at radius 1 is 0.584 bits per heavy atom. The van der Waals surface area contributed by atoms with E-state index in [-0.39, 0.29) is 101 Å². The molecule has 2 unspecified atom stereocenters. The fourth-order valence-corrected chi connectivity index (χ4v) is 15.6. The van der Waals surface area contributed by atoms with Gasteiger partial charge in [-0.1, -0.05) is 26.0 Å². The highest BCUT2D eigenvalue weighted by Gasteiger charge is 2.59. The van der Waals surface area contributed by atoms with E-state index in [2.05, 4.69) is 43.9 Å². The zero-order valence-corrected chi connectivity index (χ0v) is 53.0. The molecule has 89 heavy (non-hydrogen) atoms. The lowest BCUT2D eigenvalue weighted by Crippen LogP contribution is -2.68. The Hall–Kier alpha value is -7.77. The molecule has 0 spiro atoms. The average Bonchev–Trinajstić information content (AvgIpc) is 1.33. The Kier molecular flexibility index (Phi) is 18.1. The van der Waals surface area contributed by atoms with Crippen molar-refractivity contribution in [2.45, 2.75) is 160 Å². The van der Waals surface area contributed by atoms with Gasteiger partial charge in [0, 0.05) is 103 Å². The molecule has 10 atom stereocenters. The number of fused-ring (bicyclic) bond motifs is 18. The number of carbonyl (C=O) groups is 3. The zero-order chi connectivity index (χ0) is 63.4. The summed E-state index contributed by atoms with van der Waals surface area (Å²) < 4.78 is 76.2. The number of ether oxygens (including phenoxy) is 13. The largest absolute Gasteiger partial charge is 0.507 e. The fourth-order valence-electron chi connectivity index (χ4n) is 15.6. The van der Waals surface area contributed by atoms with Gasteiger partial charge >= 0.3 is 17.9 Å². The van der Waals surface area contributed by atoms with E-state index in [0.29, 0.717) is 113 Å². The van der Waals surface area contributed by atoms with Crippen LogP contribution in [0.25, 0.3) is 0 Å². The summed E-state index contributed by atoms with van der Waals surface area (Å²) in [6, 6.07) is 5.82. The van der Waals surface area contributed by atoms with Gasteiger partial charge in [0.25, 0.3) is 0 Å². The molecule has 4 bridgehead atoms. The number of carbonyl (C=O) groups excluding carboxylic acids is 3. The lowest BCUT2D eigenvalue weighted by molar-refractivity contribution is -0.150. The highest BCUT2D eigenvalue weighted by Crippen LogP contribution is 2.61. The first-order valence-electron chi connectivity index (χ1n) is 30.4. The van der Waals surface area contributed by atoms with Gasteiger partial charge in [-0.05, 0) is 103 Å². The first-order chi connectivity index (χ1) is 42.9. The van der Waals surface area contributed by atoms with Crippen molar-refractivity contribution in [2.75, 3.05) is 82.9 Å². The minimum Gasteiger partial charge on any atom is -0.507 e. The minimum absolute atomic E-state index is 0.000293. The molecule has 8 aliphatic heterocycles. The number of likely N-dealkylation sites (N-methyl/N-ethyl adjacent to an activating group) is 2. The van der Waals surface area contributed by atoms with Crippen molar-refractivity contribution in [3.63, 3.8) is 0 Å². The molecule has 12 rings (SSSR count). The van der Waals surface area contributed by atoms with Crippen LogP contribution in [0.5, 0.6) is 57.5 Å². The topological polar surface area (TPSA) is 252 Å². The van der Waals surface area contributed by atoms with E-state index < -0.39 is 30.1 Å². The number of aromatic hydroxyl groups is 1. The summed E-state index contributed by atoms with van der Waals surface area (Å²) in [7, 11) is 10.5. The minimum atomic E-state index is -0.583. The number of benzene rings is 4. The summed E-state index contributed by atoms with van der Waals surface area (Å²) in [6.45, 7) is 12.9. The van der Waals surface area contributed by atoms with Crippen molar-refractivity contribution in [2.24, 2.45) is 0 Å². The summed E-state index contributed by atoms with van der Waals surface area (Å²) in [5.41, 5.74) is 10.2. The summed E-state index contributed by atoms with van der Waals surface area (Å²) >= 11 is 0. The van der Waals surface area contributed by atoms with Crippen LogP contribution in [0.4, 0.5) is 0 Å². The maximum absolute atomic E-state index is 12.8. The van der Waals surface area contributed by atoms with Crippen molar-refractivity contribution < 1.29 is 81.1 Å². The lowest BCUT2D eigenvalue weighted by Gasteiger charge is -2.59. The quantitative estimate of drug-likeness (QED) is 0.0599. The van der Waals surface area contributed by atoms with Crippen LogP contribution in [-0.4, -0.2) is 162 Å². The molecule has 8 heterocycles. The van der Waals surface area contributed by atoms with Gasteiger partial charge in [0.1, 0.15) is 36.8 Å². The average molecular weight is 1230 g/mol. The van der Waals surface area contributed by atoms with E-state index in [1.54, 1.807) is 28.4 Å². The van der Waals surface area contributed by atoms with Gasteiger partial charge in [-0.3, -0.25) is 34.0 Å². The van der Waals surface area contributed by atoms with E-state index in [4.69, 9.17) is 61.6 Å². The predicted molar refractivity (Wildman–Crippen MR) is 319 cm³/mol. The number of piperazine rings is 2. The first-order valence-corrected chi connectivity index (χ1v) is 30.4. The van der Waals surface area contributed by atoms with Crippen LogP contribution in [0.1, 0.15) is 137 Å². The number of nitrogens with zero attached hydrogens (tertiary/aromatic N) is 6. The molecule has 2 fully saturated rings. The van der Waals surface area contributed by atoms with E-state index in [0.717, 1.165) is 50.1 Å². The van der Waals surface area contributed by atoms with Crippen LogP contribution in [0, 0.1) is 50.4 Å². The maximum Gasteiger partial charge on any atom is 0.308 e. The van der Waals surface area contributed by atoms with Gasteiger partial charge in [-0.25, -0.2) is 0 Å². The van der Waals surface area contributed by atoms with Crippen molar-refractivity contribution in [1.82, 2.24) is 19.6 Å². The molecular formula is C66H80N6O17. The summed E-state index contributed by atoms with van der Waals surface area (Å²) in [6.07, 6.45) is 3.92. The van der Waals surface area contributed by atoms with Gasteiger partial charge in [-0.15, -0.1) is 0 Å². The molecule has 0 aliphatic carbocycles. The summed E-state index contributed by atoms with van der Waals surface area (Å²) in [5.74, 6) is 3.98. The van der Waals surface area contributed by atoms with Crippen LogP contribution in [0.2, 0.25) is 0 Å². The van der Waals surface area contributed by atoms with E-state index >= 15 is 0 Å². The third-order valence-electron chi connectivity index (χ3n) is 19.1. The monoisotopic (exact) mass is 1230 g/mol. The van der Waals surface area contributed by atoms with Gasteiger partial charge in [0.15, 0.2) is 59.6 Å². The number of rotatable bonds is 17. The Balaban J connectivity index is 0.000000184. The number of hydrogen-bond acceptors (Lipinski definition) is 23. The molecule has 0 amide bonds. The van der Waals surface area contributed by atoms with E-state index in [1.807, 2.05) is 55.6 Å². The van der Waals surface area contributed by atoms with Crippen molar-refractivity contribution in [3.8, 4) is 69.6 Å². The Labute approximate surface area is 518 Å². The molecule has 8 aliphatic rings. The Morgan fingerprint density at radius 2 is 1.01 bits per heavy atom. The van der Waals surface area contributed by atoms with Gasteiger partial charge in [-0.2, -0.15) is 10.5 Å². The molecule has 476 valence electrons.